The van der Waals surface area contributed by atoms with Crippen LogP contribution in [0.4, 0.5) is 0 Å². The third kappa shape index (κ3) is 4.48. The van der Waals surface area contributed by atoms with Crippen LogP contribution in [0.1, 0.15) is 25.5 Å². The van der Waals surface area contributed by atoms with Crippen molar-refractivity contribution in [3.8, 4) is 0 Å². The van der Waals surface area contributed by atoms with Crippen LogP contribution >= 0.6 is 15.9 Å². The van der Waals surface area contributed by atoms with Crippen molar-refractivity contribution in [2.24, 2.45) is 5.92 Å². The average Bonchev–Trinajstić information content (AvgIpc) is 2.28. The SMILES string of the molecule is COC(=O)COC(c1cccc(Br)c1)C(C)C. The molecule has 0 spiro atoms. The number of rotatable bonds is 5. The van der Waals surface area contributed by atoms with Crippen molar-refractivity contribution in [1.82, 2.24) is 0 Å². The summed E-state index contributed by atoms with van der Waals surface area (Å²) in [4.78, 5) is 11.1. The second-order valence-corrected chi connectivity index (χ2v) is 5.02. The molecule has 0 saturated carbocycles. The number of ether oxygens (including phenoxy) is 2. The largest absolute Gasteiger partial charge is 0.467 e. The Labute approximate surface area is 110 Å². The van der Waals surface area contributed by atoms with Gasteiger partial charge in [0.2, 0.25) is 0 Å². The standard InChI is InChI=1S/C13H17BrO3/c1-9(2)13(17-8-12(15)16-3)10-5-4-6-11(14)7-10/h4-7,9,13H,8H2,1-3H3. The number of esters is 1. The normalized spacial score (nSPS) is 12.5. The molecule has 0 fully saturated rings. The Morgan fingerprint density at radius 2 is 2.12 bits per heavy atom. The minimum Gasteiger partial charge on any atom is -0.467 e. The summed E-state index contributed by atoms with van der Waals surface area (Å²) in [5.41, 5.74) is 1.05. The molecule has 94 valence electrons. The van der Waals surface area contributed by atoms with Crippen molar-refractivity contribution in [3.05, 3.63) is 34.3 Å². The lowest BCUT2D eigenvalue weighted by atomic mass is 9.99. The van der Waals surface area contributed by atoms with Crippen molar-refractivity contribution >= 4 is 21.9 Å². The molecule has 0 aromatic heterocycles. The van der Waals surface area contributed by atoms with Crippen LogP contribution in [0, 0.1) is 5.92 Å². The number of benzene rings is 1. The number of hydrogen-bond acceptors (Lipinski definition) is 3. The average molecular weight is 301 g/mol. The van der Waals surface area contributed by atoms with Crippen molar-refractivity contribution in [3.63, 3.8) is 0 Å². The van der Waals surface area contributed by atoms with Crippen LogP contribution in [0.15, 0.2) is 28.7 Å². The molecule has 1 rings (SSSR count). The quantitative estimate of drug-likeness (QED) is 0.783. The maximum Gasteiger partial charge on any atom is 0.331 e. The van der Waals surface area contributed by atoms with Gasteiger partial charge in [-0.15, -0.1) is 0 Å². The Bertz CT molecular complexity index is 377. The predicted molar refractivity (Wildman–Crippen MR) is 69.7 cm³/mol. The van der Waals surface area contributed by atoms with Gasteiger partial charge in [-0.25, -0.2) is 4.79 Å². The highest BCUT2D eigenvalue weighted by Crippen LogP contribution is 2.27. The lowest BCUT2D eigenvalue weighted by Crippen LogP contribution is -2.17. The Morgan fingerprint density at radius 1 is 1.41 bits per heavy atom. The first-order chi connectivity index (χ1) is 8.04. The highest BCUT2D eigenvalue weighted by molar-refractivity contribution is 9.10. The van der Waals surface area contributed by atoms with Crippen LogP contribution in [0.2, 0.25) is 0 Å². The van der Waals surface area contributed by atoms with Gasteiger partial charge in [0.15, 0.2) is 0 Å². The van der Waals surface area contributed by atoms with Crippen LogP contribution in [-0.2, 0) is 14.3 Å². The zero-order valence-corrected chi connectivity index (χ0v) is 11.9. The van der Waals surface area contributed by atoms with Gasteiger partial charge in [0.25, 0.3) is 0 Å². The molecular formula is C13H17BrO3. The van der Waals surface area contributed by atoms with E-state index in [9.17, 15) is 4.79 Å². The summed E-state index contributed by atoms with van der Waals surface area (Å²) in [7, 11) is 1.36. The van der Waals surface area contributed by atoms with Crippen LogP contribution < -0.4 is 0 Å². The molecule has 0 bridgehead atoms. The fourth-order valence-electron chi connectivity index (χ4n) is 1.57. The van der Waals surface area contributed by atoms with Crippen LogP contribution in [0.5, 0.6) is 0 Å². The molecule has 0 saturated heterocycles. The minimum absolute atomic E-state index is 0.0220. The molecule has 1 atom stereocenters. The molecule has 0 aliphatic heterocycles. The van der Waals surface area contributed by atoms with E-state index >= 15 is 0 Å². The van der Waals surface area contributed by atoms with E-state index in [1.165, 1.54) is 7.11 Å². The smallest absolute Gasteiger partial charge is 0.331 e. The number of carbonyl (C=O) groups excluding carboxylic acids is 1. The van der Waals surface area contributed by atoms with Crippen LogP contribution in [-0.4, -0.2) is 19.7 Å². The maximum atomic E-state index is 11.1. The number of halogens is 1. The molecule has 1 aromatic rings. The highest BCUT2D eigenvalue weighted by Gasteiger charge is 2.18. The van der Waals surface area contributed by atoms with Gasteiger partial charge in [0, 0.05) is 4.47 Å². The topological polar surface area (TPSA) is 35.5 Å². The molecule has 4 heteroatoms. The monoisotopic (exact) mass is 300 g/mol. The summed E-state index contributed by atoms with van der Waals surface area (Å²) < 4.78 is 11.2. The Balaban J connectivity index is 2.75. The Kier molecular flexibility index (Phi) is 5.65. The maximum absolute atomic E-state index is 11.1. The molecule has 0 aliphatic carbocycles. The van der Waals surface area contributed by atoms with E-state index in [1.807, 2.05) is 24.3 Å². The van der Waals surface area contributed by atoms with E-state index < -0.39 is 0 Å². The molecule has 3 nitrogen and oxygen atoms in total. The molecule has 0 amide bonds. The van der Waals surface area contributed by atoms with Crippen molar-refractivity contribution in [2.75, 3.05) is 13.7 Å². The van der Waals surface area contributed by atoms with Crippen LogP contribution in [0.25, 0.3) is 0 Å². The fraction of sp³-hybridized carbons (Fsp3) is 0.462. The zero-order valence-electron chi connectivity index (χ0n) is 10.3. The fourth-order valence-corrected chi connectivity index (χ4v) is 1.99. The zero-order chi connectivity index (χ0) is 12.8. The van der Waals surface area contributed by atoms with E-state index in [4.69, 9.17) is 4.74 Å². The van der Waals surface area contributed by atoms with E-state index in [0.717, 1.165) is 10.0 Å². The van der Waals surface area contributed by atoms with Gasteiger partial charge in [-0.05, 0) is 23.6 Å². The Hall–Kier alpha value is -0.870. The van der Waals surface area contributed by atoms with Gasteiger partial charge >= 0.3 is 5.97 Å². The lowest BCUT2D eigenvalue weighted by molar-refractivity contribution is -0.149. The van der Waals surface area contributed by atoms with Gasteiger partial charge < -0.3 is 9.47 Å². The summed E-state index contributed by atoms with van der Waals surface area (Å²) in [5.74, 6) is -0.0698. The molecule has 0 aliphatic rings. The van der Waals surface area contributed by atoms with Gasteiger partial charge in [-0.1, -0.05) is 41.9 Å². The third-order valence-electron chi connectivity index (χ3n) is 2.39. The first-order valence-electron chi connectivity index (χ1n) is 5.48. The first-order valence-corrected chi connectivity index (χ1v) is 6.27. The van der Waals surface area contributed by atoms with Crippen LogP contribution in [0.3, 0.4) is 0 Å². The van der Waals surface area contributed by atoms with E-state index in [2.05, 4.69) is 34.5 Å². The summed E-state index contributed by atoms with van der Waals surface area (Å²) in [6.07, 6.45) is -0.105. The summed E-state index contributed by atoms with van der Waals surface area (Å²) in [6.45, 7) is 4.09. The second kappa shape index (κ2) is 6.77. The number of hydrogen-bond donors (Lipinski definition) is 0. The molecule has 0 radical (unpaired) electrons. The molecule has 17 heavy (non-hydrogen) atoms. The van der Waals surface area contributed by atoms with E-state index in [-0.39, 0.29) is 24.6 Å². The predicted octanol–water partition coefficient (Wildman–Crippen LogP) is 3.34. The third-order valence-corrected chi connectivity index (χ3v) is 2.88. The summed E-state index contributed by atoms with van der Waals surface area (Å²) in [5, 5.41) is 0. The van der Waals surface area contributed by atoms with Gasteiger partial charge in [-0.2, -0.15) is 0 Å². The summed E-state index contributed by atoms with van der Waals surface area (Å²) >= 11 is 3.43. The van der Waals surface area contributed by atoms with Gasteiger partial charge in [-0.3, -0.25) is 0 Å². The minimum atomic E-state index is -0.356. The van der Waals surface area contributed by atoms with Crippen molar-refractivity contribution in [1.29, 1.82) is 0 Å². The molecule has 0 N–H and O–H groups in total. The van der Waals surface area contributed by atoms with Gasteiger partial charge in [0.05, 0.1) is 13.2 Å². The van der Waals surface area contributed by atoms with E-state index in [1.54, 1.807) is 0 Å². The van der Waals surface area contributed by atoms with E-state index in [0.29, 0.717) is 0 Å². The lowest BCUT2D eigenvalue weighted by Gasteiger charge is -2.21. The molecule has 1 aromatic carbocycles. The number of methoxy groups -OCH3 is 1. The number of carbonyl (C=O) groups is 1. The molecular weight excluding hydrogens is 284 g/mol. The van der Waals surface area contributed by atoms with Gasteiger partial charge in [0.1, 0.15) is 6.61 Å². The second-order valence-electron chi connectivity index (χ2n) is 4.11. The summed E-state index contributed by atoms with van der Waals surface area (Å²) in [6, 6.07) is 7.91. The molecule has 0 heterocycles. The highest BCUT2D eigenvalue weighted by atomic mass is 79.9. The van der Waals surface area contributed by atoms with Crippen molar-refractivity contribution < 1.29 is 14.3 Å². The Morgan fingerprint density at radius 3 is 2.65 bits per heavy atom. The van der Waals surface area contributed by atoms with Crippen molar-refractivity contribution in [2.45, 2.75) is 20.0 Å². The molecule has 1 unspecified atom stereocenters. The first kappa shape index (κ1) is 14.2.